The van der Waals surface area contributed by atoms with Crippen LogP contribution in [0.2, 0.25) is 0 Å². The second-order valence-electron chi connectivity index (χ2n) is 4.51. The molecule has 21 heavy (non-hydrogen) atoms. The molecule has 0 saturated heterocycles. The van der Waals surface area contributed by atoms with Gasteiger partial charge in [-0.3, -0.25) is 4.72 Å². The van der Waals surface area contributed by atoms with Crippen LogP contribution in [-0.4, -0.2) is 39.0 Å². The van der Waals surface area contributed by atoms with Crippen LogP contribution in [0, 0.1) is 6.92 Å². The maximum absolute atomic E-state index is 11.8. The zero-order chi connectivity index (χ0) is 15.9. The Morgan fingerprint density at radius 2 is 2.14 bits per heavy atom. The molecule has 0 atom stereocenters. The van der Waals surface area contributed by atoms with Gasteiger partial charge in [0, 0.05) is 25.5 Å². The minimum absolute atomic E-state index is 0.0133. The summed E-state index contributed by atoms with van der Waals surface area (Å²) in [7, 11) is -1.88. The van der Waals surface area contributed by atoms with Crippen molar-refractivity contribution in [2.75, 3.05) is 24.2 Å². The van der Waals surface area contributed by atoms with Gasteiger partial charge in [0.15, 0.2) is 0 Å². The molecule has 0 spiro atoms. The van der Waals surface area contributed by atoms with Crippen LogP contribution in [0.25, 0.3) is 6.08 Å². The van der Waals surface area contributed by atoms with Crippen LogP contribution in [-0.2, 0) is 19.6 Å². The number of methoxy groups -OCH3 is 1. The van der Waals surface area contributed by atoms with E-state index in [0.29, 0.717) is 18.7 Å². The molecule has 1 rings (SSSR count). The van der Waals surface area contributed by atoms with Crippen LogP contribution in [0.15, 0.2) is 24.3 Å². The summed E-state index contributed by atoms with van der Waals surface area (Å²) in [4.78, 5) is 10.5. The molecule has 0 aliphatic heterocycles. The molecule has 0 heterocycles. The minimum atomic E-state index is -3.40. The number of hydrogen-bond donors (Lipinski definition) is 2. The molecule has 0 aromatic heterocycles. The van der Waals surface area contributed by atoms with Gasteiger partial charge in [0.2, 0.25) is 10.0 Å². The van der Waals surface area contributed by atoms with Gasteiger partial charge < -0.3 is 9.84 Å². The van der Waals surface area contributed by atoms with Gasteiger partial charge in [-0.05, 0) is 42.7 Å². The number of nitrogens with one attached hydrogen (secondary N) is 1. The first-order valence-corrected chi connectivity index (χ1v) is 8.00. The largest absolute Gasteiger partial charge is 0.478 e. The lowest BCUT2D eigenvalue weighted by Crippen LogP contribution is -2.17. The van der Waals surface area contributed by atoms with Crippen molar-refractivity contribution in [1.82, 2.24) is 0 Å². The number of ether oxygens (including phenoxy) is 1. The molecular weight excluding hydrogens is 294 g/mol. The fourth-order valence-corrected chi connectivity index (χ4v) is 2.80. The molecule has 7 heteroatoms. The topological polar surface area (TPSA) is 92.7 Å². The summed E-state index contributed by atoms with van der Waals surface area (Å²) in [5.41, 5.74) is 1.96. The number of aliphatic carboxylic acids is 1. The predicted molar refractivity (Wildman–Crippen MR) is 81.8 cm³/mol. The SMILES string of the molecule is COCCCS(=O)(=O)Nc1ccc(C=CC(=O)O)c(C)c1. The number of hydrogen-bond acceptors (Lipinski definition) is 4. The zero-order valence-corrected chi connectivity index (χ0v) is 12.8. The average Bonchev–Trinajstić information content (AvgIpc) is 2.37. The lowest BCUT2D eigenvalue weighted by Gasteiger charge is -2.09. The Kier molecular flexibility index (Phi) is 6.39. The standard InChI is InChI=1S/C14H19NO5S/c1-11-10-13(6-4-12(11)5-7-14(16)17)15-21(18,19)9-3-8-20-2/h4-7,10,15H,3,8-9H2,1-2H3,(H,16,17). The first kappa shape index (κ1) is 17.2. The molecule has 0 radical (unpaired) electrons. The van der Waals surface area contributed by atoms with E-state index < -0.39 is 16.0 Å². The number of rotatable bonds is 8. The predicted octanol–water partition coefficient (Wildman–Crippen LogP) is 1.87. The highest BCUT2D eigenvalue weighted by Gasteiger charge is 2.10. The molecule has 6 nitrogen and oxygen atoms in total. The molecule has 1 aromatic carbocycles. The Bertz CT molecular complexity index is 622. The maximum atomic E-state index is 11.8. The van der Waals surface area contributed by atoms with Crippen LogP contribution >= 0.6 is 0 Å². The maximum Gasteiger partial charge on any atom is 0.328 e. The molecule has 0 fully saturated rings. The van der Waals surface area contributed by atoms with Gasteiger partial charge in [0.05, 0.1) is 5.75 Å². The van der Waals surface area contributed by atoms with E-state index in [2.05, 4.69) is 4.72 Å². The summed E-state index contributed by atoms with van der Waals surface area (Å²) < 4.78 is 31.0. The second kappa shape index (κ2) is 7.80. The van der Waals surface area contributed by atoms with Crippen molar-refractivity contribution in [3.05, 3.63) is 35.4 Å². The van der Waals surface area contributed by atoms with Crippen LogP contribution in [0.4, 0.5) is 5.69 Å². The monoisotopic (exact) mass is 313 g/mol. The number of benzene rings is 1. The average molecular weight is 313 g/mol. The minimum Gasteiger partial charge on any atom is -0.478 e. The summed E-state index contributed by atoms with van der Waals surface area (Å²) in [5, 5.41) is 8.59. The molecule has 0 unspecified atom stereocenters. The van der Waals surface area contributed by atoms with E-state index in [0.717, 1.165) is 17.2 Å². The van der Waals surface area contributed by atoms with Crippen molar-refractivity contribution in [1.29, 1.82) is 0 Å². The Balaban J connectivity index is 2.77. The first-order chi connectivity index (χ1) is 9.84. The molecule has 0 bridgehead atoms. The van der Waals surface area contributed by atoms with Crippen molar-refractivity contribution in [2.45, 2.75) is 13.3 Å². The third-order valence-corrected chi connectivity index (χ3v) is 4.08. The molecule has 0 aliphatic rings. The van der Waals surface area contributed by atoms with Gasteiger partial charge >= 0.3 is 5.97 Å². The van der Waals surface area contributed by atoms with Crippen LogP contribution in [0.1, 0.15) is 17.5 Å². The van der Waals surface area contributed by atoms with Crippen LogP contribution < -0.4 is 4.72 Å². The summed E-state index contributed by atoms with van der Waals surface area (Å²) in [6, 6.07) is 4.93. The van der Waals surface area contributed by atoms with E-state index in [9.17, 15) is 13.2 Å². The van der Waals surface area contributed by atoms with E-state index >= 15 is 0 Å². The number of aryl methyl sites for hydroxylation is 1. The van der Waals surface area contributed by atoms with E-state index in [1.165, 1.54) is 13.2 Å². The first-order valence-electron chi connectivity index (χ1n) is 6.35. The normalized spacial score (nSPS) is 11.7. The summed E-state index contributed by atoms with van der Waals surface area (Å²) in [6.07, 6.45) is 2.93. The highest BCUT2D eigenvalue weighted by molar-refractivity contribution is 7.92. The molecule has 1 aromatic rings. The quantitative estimate of drug-likeness (QED) is 0.564. The van der Waals surface area contributed by atoms with E-state index in [4.69, 9.17) is 9.84 Å². The van der Waals surface area contributed by atoms with E-state index in [1.807, 2.05) is 0 Å². The Morgan fingerprint density at radius 1 is 1.43 bits per heavy atom. The third kappa shape index (κ3) is 6.42. The number of anilines is 1. The number of carbonyl (C=O) groups is 1. The second-order valence-corrected chi connectivity index (χ2v) is 6.35. The van der Waals surface area contributed by atoms with Gasteiger partial charge in [0.25, 0.3) is 0 Å². The lowest BCUT2D eigenvalue weighted by atomic mass is 10.1. The fraction of sp³-hybridized carbons (Fsp3) is 0.357. The van der Waals surface area contributed by atoms with E-state index in [1.54, 1.807) is 25.1 Å². The van der Waals surface area contributed by atoms with Crippen LogP contribution in [0.5, 0.6) is 0 Å². The lowest BCUT2D eigenvalue weighted by molar-refractivity contribution is -0.131. The van der Waals surface area contributed by atoms with Gasteiger partial charge in [-0.1, -0.05) is 6.07 Å². The molecule has 0 amide bonds. The van der Waals surface area contributed by atoms with Gasteiger partial charge in [-0.15, -0.1) is 0 Å². The molecule has 0 aliphatic carbocycles. The van der Waals surface area contributed by atoms with Crippen molar-refractivity contribution in [3.63, 3.8) is 0 Å². The van der Waals surface area contributed by atoms with Gasteiger partial charge in [-0.2, -0.15) is 0 Å². The highest BCUT2D eigenvalue weighted by atomic mass is 32.2. The van der Waals surface area contributed by atoms with Crippen molar-refractivity contribution < 1.29 is 23.1 Å². The van der Waals surface area contributed by atoms with Crippen molar-refractivity contribution >= 4 is 27.8 Å². The van der Waals surface area contributed by atoms with Crippen LogP contribution in [0.3, 0.4) is 0 Å². The van der Waals surface area contributed by atoms with Gasteiger partial charge in [-0.25, -0.2) is 13.2 Å². The Labute approximate surface area is 124 Å². The fourth-order valence-electron chi connectivity index (χ4n) is 1.71. The Hall–Kier alpha value is -1.86. The summed E-state index contributed by atoms with van der Waals surface area (Å²) >= 11 is 0. The van der Waals surface area contributed by atoms with Crippen molar-refractivity contribution in [3.8, 4) is 0 Å². The molecular formula is C14H19NO5S. The van der Waals surface area contributed by atoms with Crippen molar-refractivity contribution in [2.24, 2.45) is 0 Å². The molecule has 116 valence electrons. The number of sulfonamides is 1. The van der Waals surface area contributed by atoms with E-state index in [-0.39, 0.29) is 5.75 Å². The smallest absolute Gasteiger partial charge is 0.328 e. The summed E-state index contributed by atoms with van der Waals surface area (Å²) in [5.74, 6) is -1.04. The molecule has 0 saturated carbocycles. The molecule has 2 N–H and O–H groups in total. The third-order valence-electron chi connectivity index (χ3n) is 2.71. The zero-order valence-electron chi connectivity index (χ0n) is 12.0. The summed E-state index contributed by atoms with van der Waals surface area (Å²) in [6.45, 7) is 2.17. The number of carboxylic acid groups (broad SMARTS) is 1. The number of carboxylic acids is 1. The highest BCUT2D eigenvalue weighted by Crippen LogP contribution is 2.17. The Morgan fingerprint density at radius 3 is 2.71 bits per heavy atom. The van der Waals surface area contributed by atoms with Gasteiger partial charge in [0.1, 0.15) is 0 Å².